The Labute approximate surface area is 155 Å². The molecule has 0 saturated heterocycles. The van der Waals surface area contributed by atoms with Crippen LogP contribution in [0, 0.1) is 18.3 Å². The average molecular weight is 370 g/mol. The molecule has 0 amide bonds. The summed E-state index contributed by atoms with van der Waals surface area (Å²) in [6.45, 7) is 1.87. The predicted molar refractivity (Wildman–Crippen MR) is 99.0 cm³/mol. The normalized spacial score (nSPS) is 10.6. The van der Waals surface area contributed by atoms with Crippen LogP contribution in [0.5, 0.6) is 11.5 Å². The van der Waals surface area contributed by atoms with E-state index in [0.29, 0.717) is 16.8 Å². The van der Waals surface area contributed by atoms with Gasteiger partial charge in [0.25, 0.3) is 0 Å². The first kappa shape index (κ1) is 17.6. The van der Waals surface area contributed by atoms with Crippen LogP contribution >= 0.6 is 11.6 Å². The first-order chi connectivity index (χ1) is 12.3. The SMILES string of the molecule is COc1cc(-c2cc(-c3cn(C)nc3C)nc(N)c2C#N)cc(Cl)c1O. The van der Waals surface area contributed by atoms with Gasteiger partial charge in [0.1, 0.15) is 17.5 Å². The Bertz CT molecular complexity index is 1050. The molecule has 0 bridgehead atoms. The predicted octanol–water partition coefficient (Wildman–Crippen LogP) is 3.28. The summed E-state index contributed by atoms with van der Waals surface area (Å²) in [5.74, 6) is 0.138. The molecule has 3 N–H and O–H groups in total. The van der Waals surface area contributed by atoms with Gasteiger partial charge >= 0.3 is 0 Å². The molecule has 0 aliphatic rings. The van der Waals surface area contributed by atoms with Crippen molar-refractivity contribution in [1.29, 1.82) is 5.26 Å². The van der Waals surface area contributed by atoms with Crippen molar-refractivity contribution in [2.45, 2.75) is 6.92 Å². The van der Waals surface area contributed by atoms with Crippen molar-refractivity contribution in [3.05, 3.63) is 40.7 Å². The first-order valence-corrected chi connectivity index (χ1v) is 8.01. The molecular weight excluding hydrogens is 354 g/mol. The highest BCUT2D eigenvalue weighted by molar-refractivity contribution is 6.32. The summed E-state index contributed by atoms with van der Waals surface area (Å²) in [5, 5.41) is 23.9. The number of aryl methyl sites for hydroxylation is 2. The smallest absolute Gasteiger partial charge is 0.176 e. The molecule has 0 atom stereocenters. The van der Waals surface area contributed by atoms with E-state index in [1.54, 1.807) is 22.9 Å². The molecule has 0 fully saturated rings. The van der Waals surface area contributed by atoms with Crippen LogP contribution in [0.15, 0.2) is 24.4 Å². The maximum atomic E-state index is 9.95. The van der Waals surface area contributed by atoms with Crippen molar-refractivity contribution in [2.75, 3.05) is 12.8 Å². The zero-order valence-corrected chi connectivity index (χ0v) is 15.2. The van der Waals surface area contributed by atoms with Gasteiger partial charge in [-0.1, -0.05) is 11.6 Å². The molecule has 0 spiro atoms. The largest absolute Gasteiger partial charge is 0.503 e. The molecule has 26 heavy (non-hydrogen) atoms. The van der Waals surface area contributed by atoms with E-state index in [2.05, 4.69) is 16.2 Å². The summed E-state index contributed by atoms with van der Waals surface area (Å²) in [6, 6.07) is 6.97. The maximum absolute atomic E-state index is 9.95. The second-order valence-electron chi connectivity index (χ2n) is 5.74. The number of phenols is 1. The number of ether oxygens (including phenoxy) is 1. The highest BCUT2D eigenvalue weighted by Crippen LogP contribution is 2.40. The topological polar surface area (TPSA) is 110 Å². The van der Waals surface area contributed by atoms with Gasteiger partial charge in [-0.25, -0.2) is 4.98 Å². The van der Waals surface area contributed by atoms with Crippen LogP contribution in [0.4, 0.5) is 5.82 Å². The van der Waals surface area contributed by atoms with Crippen LogP contribution in [0.3, 0.4) is 0 Å². The van der Waals surface area contributed by atoms with Crippen molar-refractivity contribution >= 4 is 17.4 Å². The summed E-state index contributed by atoms with van der Waals surface area (Å²) < 4.78 is 6.83. The van der Waals surface area contributed by atoms with Crippen molar-refractivity contribution in [3.8, 4) is 40.0 Å². The number of nitriles is 1. The van der Waals surface area contributed by atoms with E-state index in [9.17, 15) is 10.4 Å². The fraction of sp³-hybridized carbons (Fsp3) is 0.167. The summed E-state index contributed by atoms with van der Waals surface area (Å²) in [4.78, 5) is 4.35. The number of nitrogen functional groups attached to an aromatic ring is 1. The van der Waals surface area contributed by atoms with Crippen molar-refractivity contribution < 1.29 is 9.84 Å². The third kappa shape index (κ3) is 2.91. The minimum atomic E-state index is -0.165. The Balaban J connectivity index is 2.29. The molecule has 0 aliphatic carbocycles. The van der Waals surface area contributed by atoms with Crippen LogP contribution in [0.1, 0.15) is 11.3 Å². The number of phenolic OH excluding ortho intramolecular Hbond substituents is 1. The number of anilines is 1. The number of hydrogen-bond donors (Lipinski definition) is 2. The summed E-state index contributed by atoms with van der Waals surface area (Å²) in [7, 11) is 3.24. The molecule has 1 aromatic carbocycles. The molecule has 0 saturated carbocycles. The van der Waals surface area contributed by atoms with Gasteiger partial charge < -0.3 is 15.6 Å². The monoisotopic (exact) mass is 369 g/mol. The highest BCUT2D eigenvalue weighted by Gasteiger charge is 2.18. The van der Waals surface area contributed by atoms with Crippen LogP contribution in [0.2, 0.25) is 5.02 Å². The summed E-state index contributed by atoms with van der Waals surface area (Å²) in [5.41, 5.74) is 9.56. The first-order valence-electron chi connectivity index (χ1n) is 7.63. The number of rotatable bonds is 3. The van der Waals surface area contributed by atoms with E-state index >= 15 is 0 Å². The molecule has 7 nitrogen and oxygen atoms in total. The minimum Gasteiger partial charge on any atom is -0.503 e. The zero-order chi connectivity index (χ0) is 19.0. The fourth-order valence-corrected chi connectivity index (χ4v) is 2.99. The van der Waals surface area contributed by atoms with Gasteiger partial charge in [-0.3, -0.25) is 4.68 Å². The lowest BCUT2D eigenvalue weighted by atomic mass is 9.98. The number of methoxy groups -OCH3 is 1. The number of nitrogens with zero attached hydrogens (tertiary/aromatic N) is 4. The van der Waals surface area contributed by atoms with Crippen molar-refractivity contribution in [1.82, 2.24) is 14.8 Å². The molecule has 3 rings (SSSR count). The third-order valence-electron chi connectivity index (χ3n) is 4.01. The number of hydrogen-bond acceptors (Lipinski definition) is 6. The Kier molecular flexibility index (Phi) is 4.45. The van der Waals surface area contributed by atoms with Gasteiger partial charge in [-0.05, 0) is 30.7 Å². The Morgan fingerprint density at radius 3 is 2.62 bits per heavy atom. The third-order valence-corrected chi connectivity index (χ3v) is 4.30. The molecule has 0 radical (unpaired) electrons. The minimum absolute atomic E-state index is 0.103. The zero-order valence-electron chi connectivity index (χ0n) is 14.4. The molecule has 2 heterocycles. The second-order valence-corrected chi connectivity index (χ2v) is 6.15. The van der Waals surface area contributed by atoms with E-state index < -0.39 is 0 Å². The number of nitrogens with two attached hydrogens (primary N) is 1. The molecule has 8 heteroatoms. The highest BCUT2D eigenvalue weighted by atomic mass is 35.5. The average Bonchev–Trinajstić information content (AvgIpc) is 2.94. The Morgan fingerprint density at radius 1 is 1.31 bits per heavy atom. The van der Waals surface area contributed by atoms with Crippen LogP contribution < -0.4 is 10.5 Å². The van der Waals surface area contributed by atoms with E-state index in [4.69, 9.17) is 22.1 Å². The summed E-state index contributed by atoms with van der Waals surface area (Å²) >= 11 is 6.10. The van der Waals surface area contributed by atoms with E-state index in [0.717, 1.165) is 11.3 Å². The van der Waals surface area contributed by atoms with Gasteiger partial charge in [-0.2, -0.15) is 10.4 Å². The lowest BCUT2D eigenvalue weighted by Crippen LogP contribution is -2.00. The Hall–Kier alpha value is -3.24. The number of aromatic hydroxyl groups is 1. The van der Waals surface area contributed by atoms with Crippen LogP contribution in [-0.4, -0.2) is 27.0 Å². The quantitative estimate of drug-likeness (QED) is 0.733. The van der Waals surface area contributed by atoms with Crippen LogP contribution in [-0.2, 0) is 7.05 Å². The number of aromatic nitrogens is 3. The lowest BCUT2D eigenvalue weighted by molar-refractivity contribution is 0.374. The maximum Gasteiger partial charge on any atom is 0.176 e. The number of pyridine rings is 1. The second kappa shape index (κ2) is 6.58. The van der Waals surface area contributed by atoms with Gasteiger partial charge in [-0.15, -0.1) is 0 Å². The van der Waals surface area contributed by atoms with Gasteiger partial charge in [0, 0.05) is 24.4 Å². The number of benzene rings is 1. The van der Waals surface area contributed by atoms with Crippen molar-refractivity contribution in [3.63, 3.8) is 0 Å². The molecule has 2 aromatic heterocycles. The van der Waals surface area contributed by atoms with Gasteiger partial charge in [0.05, 0.1) is 23.5 Å². The van der Waals surface area contributed by atoms with Crippen LogP contribution in [0.25, 0.3) is 22.4 Å². The van der Waals surface area contributed by atoms with E-state index in [1.165, 1.54) is 7.11 Å². The molecule has 0 aliphatic heterocycles. The number of halogens is 1. The Morgan fingerprint density at radius 2 is 2.04 bits per heavy atom. The molecule has 0 unspecified atom stereocenters. The van der Waals surface area contributed by atoms with Gasteiger partial charge in [0.15, 0.2) is 11.5 Å². The molecule has 3 aromatic rings. The lowest BCUT2D eigenvalue weighted by Gasteiger charge is -2.12. The molecule has 132 valence electrons. The van der Waals surface area contributed by atoms with Gasteiger partial charge in [0.2, 0.25) is 0 Å². The molecular formula is C18H16ClN5O2. The van der Waals surface area contributed by atoms with E-state index in [1.807, 2.05) is 20.2 Å². The van der Waals surface area contributed by atoms with Crippen molar-refractivity contribution in [2.24, 2.45) is 7.05 Å². The fourth-order valence-electron chi connectivity index (χ4n) is 2.78. The standard InChI is InChI=1S/C18H16ClN5O2/c1-9-13(8-24(2)23-9)15-6-11(12(7-20)18(21)22-15)10-4-14(19)17(25)16(5-10)26-3/h4-6,8,25H,1-3H3,(H2,21,22). The van der Waals surface area contributed by atoms with E-state index in [-0.39, 0.29) is 27.9 Å². The summed E-state index contributed by atoms with van der Waals surface area (Å²) in [6.07, 6.45) is 1.83.